The van der Waals surface area contributed by atoms with Gasteiger partial charge in [-0.1, -0.05) is 30.3 Å². The van der Waals surface area contributed by atoms with Gasteiger partial charge in [-0.3, -0.25) is 4.79 Å². The first kappa shape index (κ1) is 17.9. The molecule has 0 aliphatic carbocycles. The number of aromatic nitrogens is 2. The SMILES string of the molecule is Cc1nc(NC(C)c2ccccc2)cc(C(=O)NCCN(C)C)n1. The fourth-order valence-corrected chi connectivity index (χ4v) is 2.29. The Labute approximate surface area is 143 Å². The number of benzene rings is 1. The number of hydrogen-bond donors (Lipinski definition) is 2. The van der Waals surface area contributed by atoms with Crippen LogP contribution in [0.25, 0.3) is 0 Å². The highest BCUT2D eigenvalue weighted by Crippen LogP contribution is 2.18. The zero-order chi connectivity index (χ0) is 17.5. The minimum atomic E-state index is -0.183. The lowest BCUT2D eigenvalue weighted by Gasteiger charge is -2.16. The third-order valence-electron chi connectivity index (χ3n) is 3.58. The number of likely N-dealkylation sites (N-methyl/N-ethyl adjacent to an activating group) is 1. The lowest BCUT2D eigenvalue weighted by Crippen LogP contribution is -2.32. The van der Waals surface area contributed by atoms with Crippen LogP contribution in [0.2, 0.25) is 0 Å². The summed E-state index contributed by atoms with van der Waals surface area (Å²) >= 11 is 0. The molecule has 1 aromatic heterocycles. The second-order valence-corrected chi connectivity index (χ2v) is 6.02. The molecule has 0 radical (unpaired) electrons. The molecule has 0 bridgehead atoms. The summed E-state index contributed by atoms with van der Waals surface area (Å²) in [6, 6.07) is 11.9. The van der Waals surface area contributed by atoms with Gasteiger partial charge in [0, 0.05) is 25.2 Å². The molecule has 128 valence electrons. The number of nitrogens with one attached hydrogen (secondary N) is 2. The Balaban J connectivity index is 2.06. The van der Waals surface area contributed by atoms with Gasteiger partial charge in [0.2, 0.25) is 0 Å². The van der Waals surface area contributed by atoms with E-state index in [4.69, 9.17) is 0 Å². The summed E-state index contributed by atoms with van der Waals surface area (Å²) in [6.07, 6.45) is 0. The Hall–Kier alpha value is -2.47. The zero-order valence-electron chi connectivity index (χ0n) is 14.7. The molecule has 0 fully saturated rings. The van der Waals surface area contributed by atoms with Crippen LogP contribution < -0.4 is 10.6 Å². The van der Waals surface area contributed by atoms with Crippen molar-refractivity contribution in [1.29, 1.82) is 0 Å². The number of carbonyl (C=O) groups is 1. The predicted octanol–water partition coefficient (Wildman–Crippen LogP) is 2.25. The molecule has 6 nitrogen and oxygen atoms in total. The summed E-state index contributed by atoms with van der Waals surface area (Å²) in [5.74, 6) is 1.03. The minimum absolute atomic E-state index is 0.0881. The Morgan fingerprint density at radius 1 is 1.21 bits per heavy atom. The number of amides is 1. The maximum absolute atomic E-state index is 12.2. The first-order valence-electron chi connectivity index (χ1n) is 8.06. The third kappa shape index (κ3) is 5.31. The lowest BCUT2D eigenvalue weighted by molar-refractivity contribution is 0.0945. The molecule has 2 N–H and O–H groups in total. The highest BCUT2D eigenvalue weighted by atomic mass is 16.1. The van der Waals surface area contributed by atoms with Crippen LogP contribution in [0.1, 0.15) is 34.8 Å². The van der Waals surface area contributed by atoms with E-state index in [-0.39, 0.29) is 11.9 Å². The van der Waals surface area contributed by atoms with Gasteiger partial charge in [-0.25, -0.2) is 9.97 Å². The average Bonchev–Trinajstić information content (AvgIpc) is 2.54. The number of carbonyl (C=O) groups excluding carboxylic acids is 1. The fraction of sp³-hybridized carbons (Fsp3) is 0.389. The quantitative estimate of drug-likeness (QED) is 0.816. The Morgan fingerprint density at radius 3 is 2.58 bits per heavy atom. The fourth-order valence-electron chi connectivity index (χ4n) is 2.29. The summed E-state index contributed by atoms with van der Waals surface area (Å²) in [4.78, 5) is 22.9. The van der Waals surface area contributed by atoms with Crippen molar-refractivity contribution in [2.24, 2.45) is 0 Å². The average molecular weight is 327 g/mol. The molecule has 1 heterocycles. The van der Waals surface area contributed by atoms with Crippen molar-refractivity contribution in [3.8, 4) is 0 Å². The maximum atomic E-state index is 12.2. The van der Waals surface area contributed by atoms with Crippen LogP contribution in [-0.4, -0.2) is 48.0 Å². The van der Waals surface area contributed by atoms with Crippen LogP contribution in [0.3, 0.4) is 0 Å². The number of hydrogen-bond acceptors (Lipinski definition) is 5. The Morgan fingerprint density at radius 2 is 1.92 bits per heavy atom. The number of aryl methyl sites for hydroxylation is 1. The third-order valence-corrected chi connectivity index (χ3v) is 3.58. The first-order chi connectivity index (χ1) is 11.5. The summed E-state index contributed by atoms with van der Waals surface area (Å²) in [6.45, 7) is 5.21. The molecule has 0 aliphatic rings. The van der Waals surface area contributed by atoms with Gasteiger partial charge in [-0.2, -0.15) is 0 Å². The van der Waals surface area contributed by atoms with Gasteiger partial charge in [-0.15, -0.1) is 0 Å². The zero-order valence-corrected chi connectivity index (χ0v) is 14.7. The molecule has 24 heavy (non-hydrogen) atoms. The molecule has 1 atom stereocenters. The molecule has 0 saturated carbocycles. The molecule has 2 rings (SSSR count). The van der Waals surface area contributed by atoms with Crippen molar-refractivity contribution in [1.82, 2.24) is 20.2 Å². The van der Waals surface area contributed by atoms with Gasteiger partial charge in [0.05, 0.1) is 0 Å². The normalized spacial score (nSPS) is 12.0. The topological polar surface area (TPSA) is 70.2 Å². The molecular weight excluding hydrogens is 302 g/mol. The van der Waals surface area contributed by atoms with Crippen molar-refractivity contribution in [3.05, 3.63) is 53.5 Å². The van der Waals surface area contributed by atoms with Crippen LogP contribution in [0.15, 0.2) is 36.4 Å². The van der Waals surface area contributed by atoms with Crippen LogP contribution >= 0.6 is 0 Å². The monoisotopic (exact) mass is 327 g/mol. The number of anilines is 1. The van der Waals surface area contributed by atoms with Gasteiger partial charge < -0.3 is 15.5 Å². The smallest absolute Gasteiger partial charge is 0.270 e. The second kappa shape index (κ2) is 8.40. The van der Waals surface area contributed by atoms with E-state index >= 15 is 0 Å². The molecule has 0 saturated heterocycles. The Bertz CT molecular complexity index is 672. The van der Waals surface area contributed by atoms with Crippen LogP contribution in [0, 0.1) is 6.92 Å². The van der Waals surface area contributed by atoms with Gasteiger partial charge in [0.1, 0.15) is 17.3 Å². The maximum Gasteiger partial charge on any atom is 0.270 e. The van der Waals surface area contributed by atoms with Gasteiger partial charge >= 0.3 is 0 Å². The molecular formula is C18H25N5O. The summed E-state index contributed by atoms with van der Waals surface area (Å²) < 4.78 is 0. The summed E-state index contributed by atoms with van der Waals surface area (Å²) in [5.41, 5.74) is 1.54. The van der Waals surface area contributed by atoms with E-state index in [2.05, 4.69) is 39.7 Å². The molecule has 1 aromatic carbocycles. The van der Waals surface area contributed by atoms with Crippen molar-refractivity contribution in [2.75, 3.05) is 32.5 Å². The summed E-state index contributed by atoms with van der Waals surface area (Å²) in [7, 11) is 3.93. The van der Waals surface area contributed by atoms with Gasteiger partial charge in [0.15, 0.2) is 0 Å². The van der Waals surface area contributed by atoms with Crippen molar-refractivity contribution < 1.29 is 4.79 Å². The van der Waals surface area contributed by atoms with E-state index in [1.165, 1.54) is 0 Å². The van der Waals surface area contributed by atoms with E-state index in [1.54, 1.807) is 13.0 Å². The number of nitrogens with zero attached hydrogens (tertiary/aromatic N) is 3. The van der Waals surface area contributed by atoms with E-state index in [9.17, 15) is 4.79 Å². The lowest BCUT2D eigenvalue weighted by atomic mass is 10.1. The highest BCUT2D eigenvalue weighted by molar-refractivity contribution is 5.92. The second-order valence-electron chi connectivity index (χ2n) is 6.02. The molecule has 1 amide bonds. The largest absolute Gasteiger partial charge is 0.363 e. The Kier molecular flexibility index (Phi) is 6.26. The number of rotatable bonds is 7. The molecule has 0 spiro atoms. The van der Waals surface area contributed by atoms with E-state index in [1.807, 2.05) is 37.2 Å². The van der Waals surface area contributed by atoms with E-state index in [0.29, 0.717) is 23.9 Å². The molecule has 1 unspecified atom stereocenters. The van der Waals surface area contributed by atoms with Crippen molar-refractivity contribution in [2.45, 2.75) is 19.9 Å². The highest BCUT2D eigenvalue weighted by Gasteiger charge is 2.12. The minimum Gasteiger partial charge on any atom is -0.363 e. The van der Waals surface area contributed by atoms with Crippen LogP contribution in [-0.2, 0) is 0 Å². The summed E-state index contributed by atoms with van der Waals surface area (Å²) in [5, 5.41) is 6.20. The van der Waals surface area contributed by atoms with Gasteiger partial charge in [0.25, 0.3) is 5.91 Å². The molecule has 2 aromatic rings. The van der Waals surface area contributed by atoms with Crippen LogP contribution in [0.5, 0.6) is 0 Å². The predicted molar refractivity (Wildman–Crippen MR) is 96.1 cm³/mol. The standard InChI is InChI=1S/C18H25N5O/c1-13(15-8-6-5-7-9-15)20-17-12-16(21-14(2)22-17)18(24)19-10-11-23(3)4/h5-9,12-13H,10-11H2,1-4H3,(H,19,24)(H,20,21,22). The van der Waals surface area contributed by atoms with Crippen molar-refractivity contribution >= 4 is 11.7 Å². The first-order valence-corrected chi connectivity index (χ1v) is 8.06. The van der Waals surface area contributed by atoms with Crippen molar-refractivity contribution in [3.63, 3.8) is 0 Å². The van der Waals surface area contributed by atoms with Crippen LogP contribution in [0.4, 0.5) is 5.82 Å². The van der Waals surface area contributed by atoms with Gasteiger partial charge in [-0.05, 0) is 33.5 Å². The molecule has 0 aliphatic heterocycles. The van der Waals surface area contributed by atoms with E-state index in [0.717, 1.165) is 12.1 Å². The van der Waals surface area contributed by atoms with E-state index < -0.39 is 0 Å². The molecule has 6 heteroatoms.